The number of alkyl halides is 1. The second-order valence-corrected chi connectivity index (χ2v) is 8.72. The van der Waals surface area contributed by atoms with Crippen LogP contribution < -0.4 is 5.32 Å². The molecule has 2 saturated carbocycles. The lowest BCUT2D eigenvalue weighted by Gasteiger charge is -2.31. The molecule has 5 atom stereocenters. The number of carbonyl (C=O) groups excluding carboxylic acids is 1. The number of carboxylic acid groups (broad SMARTS) is 1. The summed E-state index contributed by atoms with van der Waals surface area (Å²) in [4.78, 5) is 30.2. The Balaban J connectivity index is 1.78. The highest BCUT2D eigenvalue weighted by molar-refractivity contribution is 9.09. The van der Waals surface area contributed by atoms with Crippen molar-refractivity contribution in [3.8, 4) is 0 Å². The fourth-order valence-electron chi connectivity index (χ4n) is 4.74. The summed E-state index contributed by atoms with van der Waals surface area (Å²) >= 11 is 3.33. The van der Waals surface area contributed by atoms with E-state index < -0.39 is 11.5 Å². The Morgan fingerprint density at radius 1 is 1.37 bits per heavy atom. The van der Waals surface area contributed by atoms with Gasteiger partial charge in [0.25, 0.3) is 0 Å². The number of nitrogens with one attached hydrogen (secondary N) is 1. The van der Waals surface area contributed by atoms with Crippen molar-refractivity contribution >= 4 is 33.5 Å². The van der Waals surface area contributed by atoms with Gasteiger partial charge in [0.15, 0.2) is 0 Å². The van der Waals surface area contributed by atoms with Gasteiger partial charge in [0, 0.05) is 16.8 Å². The molecule has 150 valence electrons. The van der Waals surface area contributed by atoms with Crippen molar-refractivity contribution in [2.24, 2.45) is 28.8 Å². The van der Waals surface area contributed by atoms with E-state index >= 15 is 0 Å². The summed E-state index contributed by atoms with van der Waals surface area (Å²) in [5.41, 5.74) is 0.727. The Morgan fingerprint density at radius 2 is 2.15 bits per heavy atom. The van der Waals surface area contributed by atoms with E-state index in [4.69, 9.17) is 4.84 Å². The molecular formula is C20H29BrN2O4. The van der Waals surface area contributed by atoms with Gasteiger partial charge in [0.2, 0.25) is 5.91 Å². The standard InChI is InChI=1S/C20H29BrN2O4/c1-3-12-9-15-14(5-6-17(15)23-27-8-7-21)16(10-12)18(24)22-20(19(25)26)11-13(20)4-2/h10,12-15H,3-9,11H2,1-2H3,(H,22,24)(H,25,26)/b23-17+/t12-,13+,14+,15+,20+/m1/s1. The van der Waals surface area contributed by atoms with Gasteiger partial charge in [-0.05, 0) is 49.9 Å². The SMILES string of the molecule is CC[C@H]1C=C(C(=O)N[C@@]2(C(=O)O)C[C@@H]2CC)[C@H]2CC/C(=N\OCCBr)[C@H]2C1. The second kappa shape index (κ2) is 8.33. The summed E-state index contributed by atoms with van der Waals surface area (Å²) < 4.78 is 0. The van der Waals surface area contributed by atoms with Crippen LogP contribution in [0.25, 0.3) is 0 Å². The molecule has 0 aromatic rings. The molecule has 0 saturated heterocycles. The first-order valence-electron chi connectivity index (χ1n) is 9.99. The lowest BCUT2D eigenvalue weighted by atomic mass is 9.74. The van der Waals surface area contributed by atoms with Crippen LogP contribution in [0.2, 0.25) is 0 Å². The van der Waals surface area contributed by atoms with E-state index in [0.717, 1.165) is 48.7 Å². The number of amides is 1. The Labute approximate surface area is 168 Å². The molecule has 3 aliphatic rings. The van der Waals surface area contributed by atoms with Gasteiger partial charge in [-0.25, -0.2) is 4.79 Å². The quantitative estimate of drug-likeness (QED) is 0.343. The van der Waals surface area contributed by atoms with Crippen LogP contribution >= 0.6 is 15.9 Å². The highest BCUT2D eigenvalue weighted by atomic mass is 79.9. The largest absolute Gasteiger partial charge is 0.479 e. The topological polar surface area (TPSA) is 88.0 Å². The van der Waals surface area contributed by atoms with Crippen LogP contribution in [0.3, 0.4) is 0 Å². The summed E-state index contributed by atoms with van der Waals surface area (Å²) in [5, 5.41) is 17.6. The summed E-state index contributed by atoms with van der Waals surface area (Å²) in [6, 6.07) is 0. The molecule has 3 aliphatic carbocycles. The van der Waals surface area contributed by atoms with Gasteiger partial charge < -0.3 is 15.3 Å². The van der Waals surface area contributed by atoms with E-state index in [9.17, 15) is 14.7 Å². The van der Waals surface area contributed by atoms with Crippen LogP contribution in [0.4, 0.5) is 0 Å². The zero-order valence-corrected chi connectivity index (χ0v) is 17.6. The summed E-state index contributed by atoms with van der Waals surface area (Å²) in [6.07, 6.45) is 7.01. The third-order valence-corrected chi connectivity index (χ3v) is 6.77. The van der Waals surface area contributed by atoms with Crippen molar-refractivity contribution in [1.82, 2.24) is 5.32 Å². The van der Waals surface area contributed by atoms with Gasteiger partial charge >= 0.3 is 5.97 Å². The predicted octanol–water partition coefficient (Wildman–Crippen LogP) is 3.51. The number of allylic oxidation sites excluding steroid dienone is 1. The molecule has 0 heterocycles. The first-order valence-corrected chi connectivity index (χ1v) is 11.1. The van der Waals surface area contributed by atoms with Crippen LogP contribution in [0, 0.1) is 23.7 Å². The van der Waals surface area contributed by atoms with Gasteiger partial charge in [0.05, 0.1) is 5.71 Å². The molecule has 0 radical (unpaired) electrons. The molecule has 0 aromatic carbocycles. The summed E-state index contributed by atoms with van der Waals surface area (Å²) in [6.45, 7) is 4.62. The maximum atomic E-state index is 13.1. The molecule has 7 heteroatoms. The lowest BCUT2D eigenvalue weighted by Crippen LogP contribution is -2.47. The van der Waals surface area contributed by atoms with Gasteiger partial charge in [-0.1, -0.05) is 47.4 Å². The first kappa shape index (κ1) is 20.4. The molecule has 0 spiro atoms. The summed E-state index contributed by atoms with van der Waals surface area (Å²) in [5.74, 6) is -0.446. The number of hydrogen-bond donors (Lipinski definition) is 2. The Kier molecular flexibility index (Phi) is 6.28. The van der Waals surface area contributed by atoms with E-state index in [2.05, 4.69) is 39.4 Å². The molecule has 6 nitrogen and oxygen atoms in total. The van der Waals surface area contributed by atoms with Crippen molar-refractivity contribution in [2.75, 3.05) is 11.9 Å². The van der Waals surface area contributed by atoms with Crippen LogP contribution in [0.1, 0.15) is 52.4 Å². The number of fused-ring (bicyclic) bond motifs is 1. The fourth-order valence-corrected chi connectivity index (χ4v) is 4.88. The van der Waals surface area contributed by atoms with Crippen molar-refractivity contribution in [1.29, 1.82) is 0 Å². The van der Waals surface area contributed by atoms with E-state index in [1.54, 1.807) is 0 Å². The molecule has 3 rings (SSSR count). The number of nitrogens with zero attached hydrogens (tertiary/aromatic N) is 1. The van der Waals surface area contributed by atoms with E-state index in [-0.39, 0.29) is 23.7 Å². The fraction of sp³-hybridized carbons (Fsp3) is 0.750. The molecule has 27 heavy (non-hydrogen) atoms. The highest BCUT2D eigenvalue weighted by Crippen LogP contribution is 2.48. The Hall–Kier alpha value is -1.37. The van der Waals surface area contributed by atoms with Gasteiger partial charge in [-0.3, -0.25) is 4.79 Å². The lowest BCUT2D eigenvalue weighted by molar-refractivity contribution is -0.143. The minimum absolute atomic E-state index is 0.0271. The van der Waals surface area contributed by atoms with E-state index in [0.29, 0.717) is 18.9 Å². The minimum Gasteiger partial charge on any atom is -0.479 e. The number of carboxylic acids is 1. The number of rotatable bonds is 8. The van der Waals surface area contributed by atoms with Crippen LogP contribution in [0.5, 0.6) is 0 Å². The van der Waals surface area contributed by atoms with E-state index in [1.807, 2.05) is 6.92 Å². The minimum atomic E-state index is -1.07. The van der Waals surface area contributed by atoms with Crippen molar-refractivity contribution in [3.63, 3.8) is 0 Å². The normalized spacial score (nSPS) is 36.1. The van der Waals surface area contributed by atoms with Gasteiger partial charge in [-0.2, -0.15) is 0 Å². The number of aliphatic carboxylic acids is 1. The zero-order chi connectivity index (χ0) is 19.6. The molecular weight excluding hydrogens is 412 g/mol. The maximum Gasteiger partial charge on any atom is 0.329 e. The average Bonchev–Trinajstić information content (AvgIpc) is 3.24. The molecule has 0 aromatic heterocycles. The van der Waals surface area contributed by atoms with Crippen molar-refractivity contribution in [2.45, 2.75) is 57.9 Å². The zero-order valence-electron chi connectivity index (χ0n) is 16.0. The van der Waals surface area contributed by atoms with Crippen molar-refractivity contribution < 1.29 is 19.5 Å². The highest BCUT2D eigenvalue weighted by Gasteiger charge is 2.61. The summed E-state index contributed by atoms with van der Waals surface area (Å²) in [7, 11) is 0. The number of oxime groups is 1. The van der Waals surface area contributed by atoms with Crippen LogP contribution in [0.15, 0.2) is 16.8 Å². The van der Waals surface area contributed by atoms with Crippen LogP contribution in [-0.2, 0) is 14.4 Å². The second-order valence-electron chi connectivity index (χ2n) is 7.92. The van der Waals surface area contributed by atoms with E-state index in [1.165, 1.54) is 0 Å². The number of halogens is 1. The molecule has 2 fully saturated rings. The van der Waals surface area contributed by atoms with Gasteiger partial charge in [0.1, 0.15) is 12.1 Å². The molecule has 0 aliphatic heterocycles. The molecule has 0 unspecified atom stereocenters. The molecule has 2 N–H and O–H groups in total. The molecule has 1 amide bonds. The Bertz CT molecular complexity index is 662. The number of carbonyl (C=O) groups is 2. The number of hydrogen-bond acceptors (Lipinski definition) is 4. The smallest absolute Gasteiger partial charge is 0.329 e. The third kappa shape index (κ3) is 3.93. The third-order valence-electron chi connectivity index (χ3n) is 6.45. The molecule has 0 bridgehead atoms. The van der Waals surface area contributed by atoms with Gasteiger partial charge in [-0.15, -0.1) is 0 Å². The average molecular weight is 441 g/mol. The monoisotopic (exact) mass is 440 g/mol. The van der Waals surface area contributed by atoms with Crippen LogP contribution in [-0.4, -0.2) is 40.2 Å². The van der Waals surface area contributed by atoms with Crippen molar-refractivity contribution in [3.05, 3.63) is 11.6 Å². The Morgan fingerprint density at radius 3 is 2.74 bits per heavy atom. The first-order chi connectivity index (χ1) is 13.0. The predicted molar refractivity (Wildman–Crippen MR) is 107 cm³/mol. The maximum absolute atomic E-state index is 13.1.